The minimum atomic E-state index is -1.11. The number of aliphatic hydroxyl groups is 1. The van der Waals surface area contributed by atoms with Crippen LogP contribution in [0.25, 0.3) is 0 Å². The quantitative estimate of drug-likeness (QED) is 0.683. The lowest BCUT2D eigenvalue weighted by Crippen LogP contribution is -2.54. The third-order valence-electron chi connectivity index (χ3n) is 9.14. The first-order chi connectivity index (χ1) is 15.4. The highest BCUT2D eigenvalue weighted by Gasteiger charge is 2.50. The number of amides is 2. The molecule has 1 heterocycles. The molecule has 2 amide bonds. The Balaban J connectivity index is 1.06. The first-order valence-corrected chi connectivity index (χ1v) is 13.3. The zero-order chi connectivity index (χ0) is 22.3. The lowest BCUT2D eigenvalue weighted by atomic mass is 9.67. The van der Waals surface area contributed by atoms with Crippen molar-refractivity contribution in [2.75, 3.05) is 26.2 Å². The van der Waals surface area contributed by atoms with Gasteiger partial charge in [-0.15, -0.1) is 0 Å². The van der Waals surface area contributed by atoms with Crippen LogP contribution in [0.15, 0.2) is 0 Å². The van der Waals surface area contributed by atoms with Crippen molar-refractivity contribution in [3.05, 3.63) is 0 Å². The van der Waals surface area contributed by atoms with Crippen LogP contribution >= 0.6 is 0 Å². The van der Waals surface area contributed by atoms with Crippen LogP contribution in [0.1, 0.15) is 83.5 Å². The maximum Gasteiger partial charge on any atom is 0.254 e. The highest BCUT2D eigenvalue weighted by molar-refractivity contribution is 5.88. The molecule has 0 bridgehead atoms. The fourth-order valence-electron chi connectivity index (χ4n) is 6.57. The van der Waals surface area contributed by atoms with Gasteiger partial charge in [0.25, 0.3) is 5.91 Å². The van der Waals surface area contributed by atoms with E-state index < -0.39 is 5.60 Å². The van der Waals surface area contributed by atoms with Gasteiger partial charge in [0.1, 0.15) is 11.4 Å². The molecule has 0 aromatic heterocycles. The zero-order valence-corrected chi connectivity index (χ0v) is 19.5. The summed E-state index contributed by atoms with van der Waals surface area (Å²) in [7, 11) is 0. The molecule has 4 aliphatic carbocycles. The zero-order valence-electron chi connectivity index (χ0n) is 19.5. The van der Waals surface area contributed by atoms with E-state index in [1.54, 1.807) is 4.90 Å². The van der Waals surface area contributed by atoms with Crippen LogP contribution < -0.4 is 0 Å². The highest BCUT2D eigenvalue weighted by Crippen LogP contribution is 2.44. The van der Waals surface area contributed by atoms with Crippen molar-refractivity contribution >= 4 is 17.6 Å². The van der Waals surface area contributed by atoms with Gasteiger partial charge in [-0.3, -0.25) is 14.4 Å². The molecule has 1 saturated heterocycles. The number of hydrogen-bond donors (Lipinski definition) is 1. The maximum atomic E-state index is 13.1. The van der Waals surface area contributed by atoms with Gasteiger partial charge in [-0.2, -0.15) is 0 Å². The molecule has 0 radical (unpaired) electrons. The summed E-state index contributed by atoms with van der Waals surface area (Å²) in [5, 5.41) is 10.1. The Morgan fingerprint density at radius 1 is 0.750 bits per heavy atom. The van der Waals surface area contributed by atoms with Gasteiger partial charge in [-0.05, 0) is 82.0 Å². The SMILES string of the molecule is O=C(CC1CC1)C1CCCC(C2CCC(C(=O)N3CCN(C(=O)C4(O)CC4)CC3)CC2)C1. The summed E-state index contributed by atoms with van der Waals surface area (Å²) in [6, 6.07) is 0. The fraction of sp³-hybridized carbons (Fsp3) is 0.885. The van der Waals surface area contributed by atoms with Gasteiger partial charge in [0.2, 0.25) is 5.91 Å². The van der Waals surface area contributed by atoms with Gasteiger partial charge < -0.3 is 14.9 Å². The lowest BCUT2D eigenvalue weighted by molar-refractivity contribution is -0.148. The number of carbonyl (C=O) groups is 3. The third kappa shape index (κ3) is 4.90. The molecule has 0 aromatic carbocycles. The molecule has 2 unspecified atom stereocenters. The van der Waals surface area contributed by atoms with Crippen molar-refractivity contribution in [3.63, 3.8) is 0 Å². The molecule has 6 heteroatoms. The minimum Gasteiger partial charge on any atom is -0.380 e. The maximum absolute atomic E-state index is 13.1. The number of ketones is 1. The van der Waals surface area contributed by atoms with Crippen LogP contribution in [-0.4, -0.2) is 64.3 Å². The Labute approximate surface area is 192 Å². The van der Waals surface area contributed by atoms with Crippen molar-refractivity contribution in [3.8, 4) is 0 Å². The summed E-state index contributed by atoms with van der Waals surface area (Å²) in [5.74, 6) is 3.14. The van der Waals surface area contributed by atoms with E-state index in [1.807, 2.05) is 4.90 Å². The standard InChI is InChI=1S/C26H40N2O4/c29-23(16-18-4-5-18)22-3-1-2-21(17-22)19-6-8-20(9-7-19)24(30)27-12-14-28(15-13-27)25(31)26(32)10-11-26/h18-22,32H,1-17H2. The molecule has 4 saturated carbocycles. The molecule has 5 fully saturated rings. The highest BCUT2D eigenvalue weighted by atomic mass is 16.3. The van der Waals surface area contributed by atoms with Crippen molar-refractivity contribution in [2.45, 2.75) is 89.1 Å². The average Bonchev–Trinajstić information content (AvgIpc) is 3.77. The molecular formula is C26H40N2O4. The van der Waals surface area contributed by atoms with E-state index >= 15 is 0 Å². The Kier molecular flexibility index (Phi) is 6.34. The molecule has 2 atom stereocenters. The molecule has 1 aliphatic heterocycles. The number of Topliss-reactive ketones (excluding diaryl/α,β-unsaturated/α-hetero) is 1. The molecular weight excluding hydrogens is 404 g/mol. The number of piperazine rings is 1. The van der Waals surface area contributed by atoms with E-state index in [0.29, 0.717) is 68.5 Å². The molecule has 5 rings (SSSR count). The van der Waals surface area contributed by atoms with Crippen molar-refractivity contribution in [1.29, 1.82) is 0 Å². The summed E-state index contributed by atoms with van der Waals surface area (Å²) < 4.78 is 0. The average molecular weight is 445 g/mol. The summed E-state index contributed by atoms with van der Waals surface area (Å²) in [5.41, 5.74) is -1.11. The topological polar surface area (TPSA) is 77.9 Å². The number of carbonyl (C=O) groups excluding carboxylic acids is 3. The smallest absolute Gasteiger partial charge is 0.254 e. The van der Waals surface area contributed by atoms with E-state index in [4.69, 9.17) is 0 Å². The Morgan fingerprint density at radius 2 is 1.41 bits per heavy atom. The molecule has 178 valence electrons. The van der Waals surface area contributed by atoms with Crippen molar-refractivity contribution in [1.82, 2.24) is 9.80 Å². The Morgan fingerprint density at radius 3 is 2.03 bits per heavy atom. The van der Waals surface area contributed by atoms with Crippen LogP contribution in [0.5, 0.6) is 0 Å². The molecule has 6 nitrogen and oxygen atoms in total. The van der Waals surface area contributed by atoms with E-state index in [0.717, 1.165) is 44.9 Å². The molecule has 0 aromatic rings. The van der Waals surface area contributed by atoms with Gasteiger partial charge in [0, 0.05) is 44.4 Å². The lowest BCUT2D eigenvalue weighted by Gasteiger charge is -2.40. The van der Waals surface area contributed by atoms with Crippen LogP contribution in [0.4, 0.5) is 0 Å². The second-order valence-corrected chi connectivity index (χ2v) is 11.5. The van der Waals surface area contributed by atoms with Crippen LogP contribution in [0, 0.1) is 29.6 Å². The third-order valence-corrected chi connectivity index (χ3v) is 9.14. The van der Waals surface area contributed by atoms with E-state index in [2.05, 4.69) is 0 Å². The second-order valence-electron chi connectivity index (χ2n) is 11.5. The summed E-state index contributed by atoms with van der Waals surface area (Å²) in [6.07, 6.45) is 13.3. The van der Waals surface area contributed by atoms with Crippen LogP contribution in [0.3, 0.4) is 0 Å². The predicted molar refractivity (Wildman–Crippen MR) is 121 cm³/mol. The predicted octanol–water partition coefficient (Wildman–Crippen LogP) is 3.16. The molecule has 5 aliphatic rings. The van der Waals surface area contributed by atoms with Crippen molar-refractivity contribution < 1.29 is 19.5 Å². The van der Waals surface area contributed by atoms with Crippen LogP contribution in [0.2, 0.25) is 0 Å². The molecule has 1 N–H and O–H groups in total. The molecule has 32 heavy (non-hydrogen) atoms. The molecule has 0 spiro atoms. The van der Waals surface area contributed by atoms with Crippen molar-refractivity contribution in [2.24, 2.45) is 29.6 Å². The fourth-order valence-corrected chi connectivity index (χ4v) is 6.57. The van der Waals surface area contributed by atoms with Gasteiger partial charge in [0.05, 0.1) is 0 Å². The number of hydrogen-bond acceptors (Lipinski definition) is 4. The van der Waals surface area contributed by atoms with Gasteiger partial charge in [-0.1, -0.05) is 12.8 Å². The normalized spacial score (nSPS) is 34.8. The van der Waals surface area contributed by atoms with E-state index in [1.165, 1.54) is 25.7 Å². The van der Waals surface area contributed by atoms with E-state index in [-0.39, 0.29) is 17.7 Å². The number of rotatable bonds is 6. The minimum absolute atomic E-state index is 0.122. The number of nitrogens with zero attached hydrogens (tertiary/aromatic N) is 2. The van der Waals surface area contributed by atoms with Crippen LogP contribution in [-0.2, 0) is 14.4 Å². The second kappa shape index (κ2) is 9.08. The first kappa shape index (κ1) is 22.4. The van der Waals surface area contributed by atoms with Gasteiger partial charge in [0.15, 0.2) is 0 Å². The Bertz CT molecular complexity index is 728. The Hall–Kier alpha value is -1.43. The monoisotopic (exact) mass is 444 g/mol. The summed E-state index contributed by atoms with van der Waals surface area (Å²) in [6.45, 7) is 2.27. The largest absolute Gasteiger partial charge is 0.380 e. The van der Waals surface area contributed by atoms with E-state index in [9.17, 15) is 19.5 Å². The van der Waals surface area contributed by atoms with Gasteiger partial charge in [-0.25, -0.2) is 0 Å². The van der Waals surface area contributed by atoms with Gasteiger partial charge >= 0.3 is 0 Å². The first-order valence-electron chi connectivity index (χ1n) is 13.3. The summed E-state index contributed by atoms with van der Waals surface area (Å²) in [4.78, 5) is 41.7. The summed E-state index contributed by atoms with van der Waals surface area (Å²) >= 11 is 0.